The van der Waals surface area contributed by atoms with Gasteiger partial charge in [0.25, 0.3) is 5.56 Å². The van der Waals surface area contributed by atoms with E-state index in [9.17, 15) is 9.59 Å². The summed E-state index contributed by atoms with van der Waals surface area (Å²) in [6, 6.07) is 13.8. The Hall–Kier alpha value is -3.61. The van der Waals surface area contributed by atoms with Gasteiger partial charge in [0.2, 0.25) is 0 Å². The number of esters is 1. The lowest BCUT2D eigenvalue weighted by molar-refractivity contribution is -0.146. The number of carbonyl (C=O) groups excluding carboxylic acids is 1. The molecule has 2 atom stereocenters. The number of carbonyl (C=O) groups is 1. The second-order valence-corrected chi connectivity index (χ2v) is 9.04. The van der Waals surface area contributed by atoms with Gasteiger partial charge < -0.3 is 15.0 Å². The second-order valence-electron chi connectivity index (χ2n) is 9.04. The fourth-order valence-electron chi connectivity index (χ4n) is 4.67. The Morgan fingerprint density at radius 3 is 2.62 bits per heavy atom. The summed E-state index contributed by atoms with van der Waals surface area (Å²) in [5.41, 5.74) is 6.22. The van der Waals surface area contributed by atoms with Crippen LogP contribution in [-0.2, 0) is 29.4 Å². The van der Waals surface area contributed by atoms with Gasteiger partial charge in [-0.3, -0.25) is 14.2 Å². The lowest BCUT2D eigenvalue weighted by Crippen LogP contribution is -2.32. The van der Waals surface area contributed by atoms with Crippen molar-refractivity contribution in [3.63, 3.8) is 0 Å². The van der Waals surface area contributed by atoms with Gasteiger partial charge in [0.15, 0.2) is 0 Å². The zero-order chi connectivity index (χ0) is 24.6. The van der Waals surface area contributed by atoms with E-state index in [0.29, 0.717) is 30.0 Å². The van der Waals surface area contributed by atoms with Crippen molar-refractivity contribution in [3.8, 4) is 11.4 Å². The number of hydrogen-bond donors (Lipinski definition) is 1. The number of nitrogens with zero attached hydrogens (tertiary/aromatic N) is 3. The van der Waals surface area contributed by atoms with Gasteiger partial charge in [-0.25, -0.2) is 4.98 Å². The SMILES string of the molecule is CCc1nc(-c2ccc(N(C)C)cc2C)n(C)c(=O)c1NC1c2ccccc2CC1OC(C)=O. The second kappa shape index (κ2) is 9.33. The van der Waals surface area contributed by atoms with E-state index in [0.717, 1.165) is 27.9 Å². The van der Waals surface area contributed by atoms with E-state index in [1.165, 1.54) is 6.92 Å². The average Bonchev–Trinajstić information content (AvgIpc) is 3.13. The quantitative estimate of drug-likeness (QED) is 0.560. The Morgan fingerprint density at radius 2 is 1.97 bits per heavy atom. The summed E-state index contributed by atoms with van der Waals surface area (Å²) in [4.78, 5) is 32.3. The molecule has 1 aliphatic rings. The van der Waals surface area contributed by atoms with Crippen LogP contribution in [-0.4, -0.2) is 35.7 Å². The number of benzene rings is 2. The number of aryl methyl sites for hydroxylation is 2. The van der Waals surface area contributed by atoms with E-state index in [1.54, 1.807) is 11.6 Å². The maximum atomic E-state index is 13.6. The van der Waals surface area contributed by atoms with Crippen LogP contribution in [0.5, 0.6) is 0 Å². The first-order valence-electron chi connectivity index (χ1n) is 11.6. The van der Waals surface area contributed by atoms with E-state index < -0.39 is 0 Å². The third-order valence-corrected chi connectivity index (χ3v) is 6.47. The molecule has 0 spiro atoms. The first-order chi connectivity index (χ1) is 16.2. The topological polar surface area (TPSA) is 76.5 Å². The number of hydrogen-bond acceptors (Lipinski definition) is 6. The van der Waals surface area contributed by atoms with Crippen LogP contribution in [0.2, 0.25) is 0 Å². The number of nitrogens with one attached hydrogen (secondary N) is 1. The standard InChI is InChI=1S/C27H32N4O3/c1-7-22-25(29-24-21-11-9-8-10-18(21)15-23(24)34-17(3)32)27(33)31(6)26(28-22)20-13-12-19(30(4)5)14-16(20)2/h8-14,23-24,29H,7,15H2,1-6H3. The minimum Gasteiger partial charge on any atom is -0.460 e. The summed E-state index contributed by atoms with van der Waals surface area (Å²) < 4.78 is 7.22. The van der Waals surface area contributed by atoms with Gasteiger partial charge in [-0.15, -0.1) is 0 Å². The van der Waals surface area contributed by atoms with Crippen LogP contribution in [0.4, 0.5) is 11.4 Å². The monoisotopic (exact) mass is 460 g/mol. The molecule has 7 nitrogen and oxygen atoms in total. The van der Waals surface area contributed by atoms with Gasteiger partial charge in [0.1, 0.15) is 17.6 Å². The highest BCUT2D eigenvalue weighted by Gasteiger charge is 2.35. The Kier molecular flexibility index (Phi) is 6.46. The molecule has 7 heteroatoms. The van der Waals surface area contributed by atoms with Crippen LogP contribution in [0.1, 0.15) is 42.3 Å². The van der Waals surface area contributed by atoms with Crippen LogP contribution in [0, 0.1) is 6.92 Å². The van der Waals surface area contributed by atoms with Crippen molar-refractivity contribution in [2.75, 3.05) is 24.3 Å². The number of anilines is 2. The summed E-state index contributed by atoms with van der Waals surface area (Å²) in [5, 5.41) is 3.42. The highest BCUT2D eigenvalue weighted by Crippen LogP contribution is 2.36. The van der Waals surface area contributed by atoms with E-state index in [4.69, 9.17) is 9.72 Å². The van der Waals surface area contributed by atoms with Crippen LogP contribution in [0.25, 0.3) is 11.4 Å². The molecular formula is C27H32N4O3. The molecule has 178 valence electrons. The average molecular weight is 461 g/mol. The Labute approximate surface area is 200 Å². The minimum absolute atomic E-state index is 0.149. The Bertz CT molecular complexity index is 1300. The highest BCUT2D eigenvalue weighted by molar-refractivity contribution is 5.68. The van der Waals surface area contributed by atoms with Crippen LogP contribution < -0.4 is 15.8 Å². The summed E-state index contributed by atoms with van der Waals surface area (Å²) in [6.07, 6.45) is 0.815. The van der Waals surface area contributed by atoms with Crippen molar-refractivity contribution in [3.05, 3.63) is 75.2 Å². The maximum absolute atomic E-state index is 13.6. The molecule has 34 heavy (non-hydrogen) atoms. The number of aromatic nitrogens is 2. The number of ether oxygens (including phenoxy) is 1. The van der Waals surface area contributed by atoms with Gasteiger partial charge in [-0.2, -0.15) is 0 Å². The highest BCUT2D eigenvalue weighted by atomic mass is 16.5. The summed E-state index contributed by atoms with van der Waals surface area (Å²) in [6.45, 7) is 5.44. The van der Waals surface area contributed by atoms with Crippen molar-refractivity contribution < 1.29 is 9.53 Å². The molecule has 1 N–H and O–H groups in total. The van der Waals surface area contributed by atoms with E-state index in [1.807, 2.05) is 69.2 Å². The zero-order valence-electron chi connectivity index (χ0n) is 20.7. The van der Waals surface area contributed by atoms with Crippen molar-refractivity contribution >= 4 is 17.3 Å². The molecule has 1 heterocycles. The third kappa shape index (κ3) is 4.30. The molecule has 0 saturated heterocycles. The summed E-state index contributed by atoms with van der Waals surface area (Å²) >= 11 is 0. The predicted molar refractivity (Wildman–Crippen MR) is 135 cm³/mol. The van der Waals surface area contributed by atoms with Gasteiger partial charge in [-0.05, 0) is 48.2 Å². The smallest absolute Gasteiger partial charge is 0.302 e. The lowest BCUT2D eigenvalue weighted by atomic mass is 10.1. The van der Waals surface area contributed by atoms with E-state index in [2.05, 4.69) is 11.4 Å². The molecule has 0 aliphatic heterocycles. The molecule has 0 radical (unpaired) electrons. The Morgan fingerprint density at radius 1 is 1.24 bits per heavy atom. The molecule has 2 aromatic carbocycles. The van der Waals surface area contributed by atoms with Crippen LogP contribution in [0.15, 0.2) is 47.3 Å². The minimum atomic E-state index is -0.384. The van der Waals surface area contributed by atoms with E-state index in [-0.39, 0.29) is 23.7 Å². The normalized spacial score (nSPS) is 16.8. The molecule has 0 fully saturated rings. The van der Waals surface area contributed by atoms with Crippen molar-refractivity contribution in [1.82, 2.24) is 9.55 Å². The molecule has 0 bridgehead atoms. The first-order valence-corrected chi connectivity index (χ1v) is 11.6. The van der Waals surface area contributed by atoms with Crippen LogP contribution >= 0.6 is 0 Å². The number of rotatable bonds is 6. The summed E-state index contributed by atoms with van der Waals surface area (Å²) in [5.74, 6) is 0.303. The largest absolute Gasteiger partial charge is 0.460 e. The zero-order valence-corrected chi connectivity index (χ0v) is 20.7. The molecule has 3 aromatic rings. The predicted octanol–water partition coefficient (Wildman–Crippen LogP) is 4.03. The molecule has 0 amide bonds. The lowest BCUT2D eigenvalue weighted by Gasteiger charge is -2.24. The van der Waals surface area contributed by atoms with Crippen LogP contribution in [0.3, 0.4) is 0 Å². The molecule has 0 saturated carbocycles. The molecule has 4 rings (SSSR count). The van der Waals surface area contributed by atoms with Crippen molar-refractivity contribution in [2.45, 2.75) is 45.8 Å². The van der Waals surface area contributed by atoms with Crippen molar-refractivity contribution in [2.24, 2.45) is 7.05 Å². The van der Waals surface area contributed by atoms with Crippen molar-refractivity contribution in [1.29, 1.82) is 0 Å². The van der Waals surface area contributed by atoms with Gasteiger partial charge in [0, 0.05) is 45.7 Å². The third-order valence-electron chi connectivity index (χ3n) is 6.47. The molecule has 2 unspecified atom stereocenters. The summed E-state index contributed by atoms with van der Waals surface area (Å²) in [7, 11) is 5.76. The van der Waals surface area contributed by atoms with Gasteiger partial charge >= 0.3 is 5.97 Å². The first kappa shape index (κ1) is 23.5. The van der Waals surface area contributed by atoms with E-state index >= 15 is 0 Å². The molecule has 1 aromatic heterocycles. The van der Waals surface area contributed by atoms with Gasteiger partial charge in [0.05, 0.1) is 11.7 Å². The Balaban J connectivity index is 1.77. The fourth-order valence-corrected chi connectivity index (χ4v) is 4.67. The maximum Gasteiger partial charge on any atom is 0.302 e. The number of fused-ring (bicyclic) bond motifs is 1. The molecule has 1 aliphatic carbocycles. The molecular weight excluding hydrogens is 428 g/mol. The van der Waals surface area contributed by atoms with Gasteiger partial charge in [-0.1, -0.05) is 31.2 Å². The fraction of sp³-hybridized carbons (Fsp3) is 0.370.